The summed E-state index contributed by atoms with van der Waals surface area (Å²) >= 11 is 0. The van der Waals surface area contributed by atoms with E-state index >= 15 is 0 Å². The number of hydrogen-bond acceptors (Lipinski definition) is 2. The molecule has 2 aliphatic rings. The average Bonchev–Trinajstić information content (AvgIpc) is 3.53. The number of para-hydroxylation sites is 1. The summed E-state index contributed by atoms with van der Waals surface area (Å²) in [4.78, 5) is 24.0. The number of benzene rings is 2. The molecule has 1 atom stereocenters. The molecule has 33 heavy (non-hydrogen) atoms. The highest BCUT2D eigenvalue weighted by Gasteiger charge is 2.32. The molecule has 0 saturated carbocycles. The summed E-state index contributed by atoms with van der Waals surface area (Å²) in [6.07, 6.45) is 5.34. The third-order valence-corrected chi connectivity index (χ3v) is 6.86. The second-order valence-corrected chi connectivity index (χ2v) is 8.87. The van der Waals surface area contributed by atoms with Crippen molar-refractivity contribution in [2.45, 2.75) is 31.6 Å². The molecule has 172 valence electrons. The number of carbonyl (C=O) groups is 1. The Kier molecular flexibility index (Phi) is 6.03. The van der Waals surface area contributed by atoms with Crippen molar-refractivity contribution in [3.8, 4) is 0 Å². The number of nitrogens with one attached hydrogen (secondary N) is 2. The fraction of sp³-hybridized carbons (Fsp3) is 0.385. The molecular weight excluding hydrogens is 417 g/mol. The zero-order chi connectivity index (χ0) is 22.8. The van der Waals surface area contributed by atoms with Gasteiger partial charge in [0.25, 0.3) is 0 Å². The van der Waals surface area contributed by atoms with E-state index < -0.39 is 0 Å². The van der Waals surface area contributed by atoms with E-state index in [4.69, 9.17) is 0 Å². The summed E-state index contributed by atoms with van der Waals surface area (Å²) in [6.45, 7) is 3.24. The van der Waals surface area contributed by atoms with E-state index in [1.807, 2.05) is 18.1 Å². The molecule has 1 fully saturated rings. The number of likely N-dealkylation sites (tertiary alicyclic amines) is 1. The number of carbonyl (C=O) groups excluding carboxylic acids is 1. The number of H-pyrrole nitrogens is 1. The molecule has 0 bridgehead atoms. The van der Waals surface area contributed by atoms with E-state index in [0.717, 1.165) is 61.3 Å². The van der Waals surface area contributed by atoms with Crippen molar-refractivity contribution < 1.29 is 9.18 Å². The number of aromatic amines is 1. The summed E-state index contributed by atoms with van der Waals surface area (Å²) in [5.41, 5.74) is 4.53. The van der Waals surface area contributed by atoms with Crippen LogP contribution in [0.2, 0.25) is 0 Å². The number of anilines is 1. The van der Waals surface area contributed by atoms with E-state index in [0.29, 0.717) is 18.9 Å². The Balaban J connectivity index is 1.25. The largest absolute Gasteiger partial charge is 0.361 e. The fourth-order valence-electron chi connectivity index (χ4n) is 5.16. The molecule has 0 aliphatic carbocycles. The van der Waals surface area contributed by atoms with Gasteiger partial charge in [0.15, 0.2) is 5.96 Å². The van der Waals surface area contributed by atoms with Crippen molar-refractivity contribution in [3.63, 3.8) is 0 Å². The number of rotatable bonds is 6. The summed E-state index contributed by atoms with van der Waals surface area (Å²) in [5, 5.41) is 4.42. The Bertz CT molecular complexity index is 1190. The van der Waals surface area contributed by atoms with Crippen molar-refractivity contribution in [2.75, 3.05) is 38.1 Å². The van der Waals surface area contributed by atoms with Crippen molar-refractivity contribution in [1.29, 1.82) is 0 Å². The van der Waals surface area contributed by atoms with Crippen molar-refractivity contribution in [2.24, 2.45) is 4.99 Å². The highest BCUT2D eigenvalue weighted by Crippen LogP contribution is 2.38. The monoisotopic (exact) mass is 447 g/mol. The Morgan fingerprint density at radius 1 is 1.27 bits per heavy atom. The Morgan fingerprint density at radius 2 is 2.15 bits per heavy atom. The molecule has 2 aliphatic heterocycles. The van der Waals surface area contributed by atoms with Crippen LogP contribution in [0.1, 0.15) is 36.3 Å². The van der Waals surface area contributed by atoms with Crippen LogP contribution in [0.25, 0.3) is 10.9 Å². The average molecular weight is 448 g/mol. The Hall–Kier alpha value is -3.35. The lowest BCUT2D eigenvalue weighted by Crippen LogP contribution is -2.42. The van der Waals surface area contributed by atoms with Crippen LogP contribution in [0.4, 0.5) is 10.1 Å². The van der Waals surface area contributed by atoms with Gasteiger partial charge in [0.05, 0.1) is 0 Å². The maximum absolute atomic E-state index is 13.7. The minimum absolute atomic E-state index is 0.220. The molecule has 6 nitrogen and oxygen atoms in total. The third-order valence-electron chi connectivity index (χ3n) is 6.86. The quantitative estimate of drug-likeness (QED) is 0.443. The predicted molar refractivity (Wildman–Crippen MR) is 130 cm³/mol. The van der Waals surface area contributed by atoms with E-state index in [1.165, 1.54) is 17.3 Å². The first-order valence-corrected chi connectivity index (χ1v) is 11.7. The van der Waals surface area contributed by atoms with Crippen LogP contribution >= 0.6 is 0 Å². The maximum atomic E-state index is 13.7. The van der Waals surface area contributed by atoms with Crippen LogP contribution in [0, 0.1) is 5.82 Å². The van der Waals surface area contributed by atoms with Gasteiger partial charge in [-0.3, -0.25) is 9.79 Å². The Morgan fingerprint density at radius 3 is 2.97 bits per heavy atom. The highest BCUT2D eigenvalue weighted by molar-refractivity contribution is 5.98. The second kappa shape index (κ2) is 9.25. The van der Waals surface area contributed by atoms with E-state index in [9.17, 15) is 9.18 Å². The molecule has 2 N–H and O–H groups in total. The first kappa shape index (κ1) is 21.5. The zero-order valence-corrected chi connectivity index (χ0v) is 19.0. The van der Waals surface area contributed by atoms with E-state index in [1.54, 1.807) is 12.1 Å². The molecule has 1 unspecified atom stereocenters. The van der Waals surface area contributed by atoms with Gasteiger partial charge in [-0.05, 0) is 54.7 Å². The van der Waals surface area contributed by atoms with Gasteiger partial charge >= 0.3 is 0 Å². The minimum atomic E-state index is -0.220. The third kappa shape index (κ3) is 4.32. The molecule has 1 aromatic heterocycles. The summed E-state index contributed by atoms with van der Waals surface area (Å²) in [5.74, 6) is 1.27. The number of aromatic nitrogens is 1. The van der Waals surface area contributed by atoms with Gasteiger partial charge in [-0.15, -0.1) is 0 Å². The number of guanidine groups is 1. The van der Waals surface area contributed by atoms with E-state index in [-0.39, 0.29) is 11.7 Å². The molecular formula is C26H30FN5O. The summed E-state index contributed by atoms with van der Waals surface area (Å²) < 4.78 is 13.7. The van der Waals surface area contributed by atoms with Crippen molar-refractivity contribution in [1.82, 2.24) is 15.2 Å². The maximum Gasteiger partial charge on any atom is 0.222 e. The lowest BCUT2D eigenvalue weighted by Gasteiger charge is -2.23. The smallest absolute Gasteiger partial charge is 0.222 e. The van der Waals surface area contributed by atoms with Gasteiger partial charge in [-0.1, -0.05) is 18.2 Å². The summed E-state index contributed by atoms with van der Waals surface area (Å²) in [7, 11) is 1.81. The number of aliphatic imine (C=N–C) groups is 1. The van der Waals surface area contributed by atoms with Crippen LogP contribution in [0.5, 0.6) is 0 Å². The second-order valence-electron chi connectivity index (χ2n) is 8.87. The lowest BCUT2D eigenvalue weighted by molar-refractivity contribution is -0.127. The highest BCUT2D eigenvalue weighted by atomic mass is 19.1. The van der Waals surface area contributed by atoms with Crippen molar-refractivity contribution in [3.05, 3.63) is 65.6 Å². The molecule has 3 aromatic rings. The molecule has 1 amide bonds. The van der Waals surface area contributed by atoms with Crippen LogP contribution in [0.3, 0.4) is 0 Å². The lowest BCUT2D eigenvalue weighted by atomic mass is 9.98. The normalized spacial score (nSPS) is 18.4. The number of nitrogens with zero attached hydrogens (tertiary/aromatic N) is 3. The van der Waals surface area contributed by atoms with Crippen LogP contribution in [0.15, 0.2) is 53.7 Å². The van der Waals surface area contributed by atoms with Crippen LogP contribution < -0.4 is 10.2 Å². The van der Waals surface area contributed by atoms with Gasteiger partial charge in [0.1, 0.15) is 5.82 Å². The number of halogens is 1. The first-order valence-electron chi connectivity index (χ1n) is 11.7. The topological polar surface area (TPSA) is 63.7 Å². The Labute approximate surface area is 193 Å². The molecule has 5 rings (SSSR count). The standard InChI is InChI=1S/C26H30FN5O/c1-28-26(29-12-10-18-16-30-23-9-8-20(27)15-22(18)23)32-17-19(21-5-2-3-6-24(21)32)11-14-31-13-4-7-25(31)33/h2-3,5-6,8-9,15-16,19,30H,4,7,10-14,17H2,1H3,(H,28,29). The van der Waals surface area contributed by atoms with Crippen LogP contribution in [-0.2, 0) is 11.2 Å². The number of amides is 1. The molecule has 7 heteroatoms. The zero-order valence-electron chi connectivity index (χ0n) is 19.0. The number of fused-ring (bicyclic) bond motifs is 2. The van der Waals surface area contributed by atoms with Gasteiger partial charge in [0, 0.05) is 68.4 Å². The van der Waals surface area contributed by atoms with Crippen LogP contribution in [-0.4, -0.2) is 55.0 Å². The minimum Gasteiger partial charge on any atom is -0.361 e. The summed E-state index contributed by atoms with van der Waals surface area (Å²) in [6, 6.07) is 13.3. The van der Waals surface area contributed by atoms with Gasteiger partial charge in [0.2, 0.25) is 5.91 Å². The molecule has 0 spiro atoms. The predicted octanol–water partition coefficient (Wildman–Crippen LogP) is 4.04. The molecule has 0 radical (unpaired) electrons. The van der Waals surface area contributed by atoms with Gasteiger partial charge < -0.3 is 20.1 Å². The number of hydrogen-bond donors (Lipinski definition) is 2. The SMILES string of the molecule is CN=C(NCCc1c[nH]c2ccc(F)cc12)N1CC(CCN2CCCC2=O)c2ccccc21. The molecule has 1 saturated heterocycles. The van der Waals surface area contributed by atoms with E-state index in [2.05, 4.69) is 44.5 Å². The van der Waals surface area contributed by atoms with Crippen molar-refractivity contribution >= 4 is 28.5 Å². The van der Waals surface area contributed by atoms with Gasteiger partial charge in [-0.2, -0.15) is 0 Å². The van der Waals surface area contributed by atoms with Gasteiger partial charge in [-0.25, -0.2) is 4.39 Å². The fourth-order valence-corrected chi connectivity index (χ4v) is 5.16. The first-order chi connectivity index (χ1) is 16.1. The molecule has 3 heterocycles. The molecule has 2 aromatic carbocycles.